The fraction of sp³-hybridized carbons (Fsp3) is 0.0370. The van der Waals surface area contributed by atoms with Gasteiger partial charge < -0.3 is 10.1 Å². The van der Waals surface area contributed by atoms with Crippen LogP contribution in [0, 0.1) is 11.8 Å². The summed E-state index contributed by atoms with van der Waals surface area (Å²) in [6.45, 7) is 0. The Kier molecular flexibility index (Phi) is 7.51. The number of rotatable bonds is 5. The number of benzene rings is 2. The molecule has 0 atom stereocenters. The summed E-state index contributed by atoms with van der Waals surface area (Å²) in [6, 6.07) is 20.1. The van der Waals surface area contributed by atoms with Crippen LogP contribution < -0.4 is 20.9 Å². The van der Waals surface area contributed by atoms with Gasteiger partial charge in [-0.2, -0.15) is 0 Å². The Morgan fingerprint density at radius 2 is 1.69 bits per heavy atom. The number of methoxy groups -OCH3 is 1. The van der Waals surface area contributed by atoms with Gasteiger partial charge in [0.25, 0.3) is 5.91 Å². The second-order valence-electron chi connectivity index (χ2n) is 7.42. The molecule has 4 aromatic rings. The van der Waals surface area contributed by atoms with E-state index >= 15 is 0 Å². The second kappa shape index (κ2) is 11.3. The molecule has 2 aromatic carbocycles. The maximum absolute atomic E-state index is 12.6. The molecule has 0 aliphatic carbocycles. The van der Waals surface area contributed by atoms with E-state index in [1.165, 1.54) is 19.2 Å². The van der Waals surface area contributed by atoms with Crippen molar-refractivity contribution >= 4 is 23.4 Å². The van der Waals surface area contributed by atoms with Crippen molar-refractivity contribution < 1.29 is 19.5 Å². The van der Waals surface area contributed by atoms with E-state index in [4.69, 9.17) is 9.94 Å². The van der Waals surface area contributed by atoms with Crippen LogP contribution in [0.4, 0.5) is 16.3 Å². The maximum atomic E-state index is 12.6. The smallest absolute Gasteiger partial charge is 0.324 e. The van der Waals surface area contributed by atoms with Gasteiger partial charge in [-0.3, -0.25) is 20.3 Å². The van der Waals surface area contributed by atoms with Crippen LogP contribution in [0.1, 0.15) is 21.5 Å². The second-order valence-corrected chi connectivity index (χ2v) is 7.42. The van der Waals surface area contributed by atoms with Crippen LogP contribution in [-0.4, -0.2) is 34.2 Å². The minimum absolute atomic E-state index is 0.107. The predicted molar refractivity (Wildman–Crippen MR) is 135 cm³/mol. The number of nitrogens with one attached hydrogen (secondary N) is 3. The molecule has 3 amide bonds. The van der Waals surface area contributed by atoms with Crippen LogP contribution in [-0.2, 0) is 0 Å². The zero-order chi connectivity index (χ0) is 25.3. The van der Waals surface area contributed by atoms with Crippen molar-refractivity contribution in [3.63, 3.8) is 0 Å². The third kappa shape index (κ3) is 6.02. The minimum atomic E-state index is -0.745. The molecule has 178 valence electrons. The molecule has 0 aliphatic rings. The van der Waals surface area contributed by atoms with Gasteiger partial charge in [0.05, 0.1) is 18.5 Å². The molecule has 9 nitrogen and oxygen atoms in total. The number of amides is 3. The molecular weight excluding hydrogens is 458 g/mol. The number of para-hydroxylation sites is 2. The van der Waals surface area contributed by atoms with Crippen molar-refractivity contribution in [2.75, 3.05) is 17.7 Å². The number of anilines is 2. The number of nitrogens with zero attached hydrogens (tertiary/aromatic N) is 2. The van der Waals surface area contributed by atoms with E-state index in [2.05, 4.69) is 32.4 Å². The summed E-state index contributed by atoms with van der Waals surface area (Å²) in [5, 5.41) is 14.4. The molecule has 0 fully saturated rings. The number of hydrogen-bond acceptors (Lipinski definition) is 6. The summed E-state index contributed by atoms with van der Waals surface area (Å²) in [5.41, 5.74) is 4.85. The monoisotopic (exact) mass is 479 g/mol. The van der Waals surface area contributed by atoms with E-state index in [0.29, 0.717) is 22.7 Å². The summed E-state index contributed by atoms with van der Waals surface area (Å²) >= 11 is 0. The van der Waals surface area contributed by atoms with Crippen LogP contribution in [0.3, 0.4) is 0 Å². The van der Waals surface area contributed by atoms with Gasteiger partial charge >= 0.3 is 6.03 Å². The summed E-state index contributed by atoms with van der Waals surface area (Å²) < 4.78 is 5.24. The van der Waals surface area contributed by atoms with Crippen molar-refractivity contribution in [2.45, 2.75) is 0 Å². The number of carbonyl (C=O) groups is 2. The molecule has 9 heteroatoms. The number of hydroxylamine groups is 1. The average molecular weight is 479 g/mol. The van der Waals surface area contributed by atoms with Gasteiger partial charge in [-0.1, -0.05) is 36.1 Å². The predicted octanol–water partition coefficient (Wildman–Crippen LogP) is 4.32. The minimum Gasteiger partial charge on any atom is -0.495 e. The van der Waals surface area contributed by atoms with Crippen molar-refractivity contribution in [3.8, 4) is 28.8 Å². The maximum Gasteiger partial charge on any atom is 0.324 e. The number of aromatic nitrogens is 2. The molecule has 0 radical (unpaired) electrons. The fourth-order valence-electron chi connectivity index (χ4n) is 3.26. The van der Waals surface area contributed by atoms with Crippen molar-refractivity contribution in [3.05, 3.63) is 102 Å². The SMILES string of the molecule is COc1ccccc1NC(=O)Nc1cc(C(=O)NO)cc(-c2ccc(C#Cc3cccnc3)cc2)n1. The van der Waals surface area contributed by atoms with E-state index < -0.39 is 11.9 Å². The summed E-state index contributed by atoms with van der Waals surface area (Å²) in [5.74, 6) is 5.96. The third-order valence-corrected chi connectivity index (χ3v) is 4.98. The van der Waals surface area contributed by atoms with Gasteiger partial charge in [-0.15, -0.1) is 0 Å². The van der Waals surface area contributed by atoms with E-state index in [1.54, 1.807) is 54.3 Å². The lowest BCUT2D eigenvalue weighted by Crippen LogP contribution is -2.22. The number of pyridine rings is 2. The average Bonchev–Trinajstić information content (AvgIpc) is 2.92. The van der Waals surface area contributed by atoms with E-state index in [0.717, 1.165) is 11.1 Å². The van der Waals surface area contributed by atoms with Crippen LogP contribution >= 0.6 is 0 Å². The number of carbonyl (C=O) groups excluding carboxylic acids is 2. The third-order valence-electron chi connectivity index (χ3n) is 4.98. The normalized spacial score (nSPS) is 9.94. The Labute approximate surface area is 207 Å². The molecule has 2 heterocycles. The zero-order valence-corrected chi connectivity index (χ0v) is 19.1. The van der Waals surface area contributed by atoms with Gasteiger partial charge in [0, 0.05) is 34.6 Å². The van der Waals surface area contributed by atoms with E-state index in [9.17, 15) is 9.59 Å². The summed E-state index contributed by atoms with van der Waals surface area (Å²) in [7, 11) is 1.50. The van der Waals surface area contributed by atoms with Crippen molar-refractivity contribution in [1.29, 1.82) is 0 Å². The molecule has 0 spiro atoms. The Bertz CT molecular complexity index is 1440. The largest absolute Gasteiger partial charge is 0.495 e. The topological polar surface area (TPSA) is 125 Å². The number of urea groups is 1. The molecule has 0 aliphatic heterocycles. The first-order valence-electron chi connectivity index (χ1n) is 10.8. The van der Waals surface area contributed by atoms with Crippen LogP contribution in [0.5, 0.6) is 5.75 Å². The molecule has 0 bridgehead atoms. The highest BCUT2D eigenvalue weighted by molar-refractivity contribution is 6.01. The van der Waals surface area contributed by atoms with Gasteiger partial charge in [-0.05, 0) is 48.5 Å². The first kappa shape index (κ1) is 23.9. The molecule has 0 saturated heterocycles. The first-order valence-corrected chi connectivity index (χ1v) is 10.8. The Morgan fingerprint density at radius 3 is 2.42 bits per heavy atom. The van der Waals surface area contributed by atoms with Gasteiger partial charge in [-0.25, -0.2) is 15.3 Å². The highest BCUT2D eigenvalue weighted by atomic mass is 16.5. The van der Waals surface area contributed by atoms with Gasteiger partial charge in [0.15, 0.2) is 0 Å². The van der Waals surface area contributed by atoms with Crippen LogP contribution in [0.25, 0.3) is 11.3 Å². The van der Waals surface area contributed by atoms with Crippen LogP contribution in [0.15, 0.2) is 85.2 Å². The molecular formula is C27H21N5O4. The fourth-order valence-corrected chi connectivity index (χ4v) is 3.26. The Balaban J connectivity index is 1.58. The van der Waals surface area contributed by atoms with E-state index in [1.807, 2.05) is 24.3 Å². The lowest BCUT2D eigenvalue weighted by atomic mass is 10.1. The molecule has 2 aromatic heterocycles. The molecule has 0 saturated carbocycles. The van der Waals surface area contributed by atoms with Gasteiger partial charge in [0.1, 0.15) is 11.6 Å². The van der Waals surface area contributed by atoms with Crippen molar-refractivity contribution in [1.82, 2.24) is 15.4 Å². The van der Waals surface area contributed by atoms with Crippen molar-refractivity contribution in [2.24, 2.45) is 0 Å². The Morgan fingerprint density at radius 1 is 0.917 bits per heavy atom. The lowest BCUT2D eigenvalue weighted by Gasteiger charge is -2.12. The summed E-state index contributed by atoms with van der Waals surface area (Å²) in [4.78, 5) is 33.2. The van der Waals surface area contributed by atoms with E-state index in [-0.39, 0.29) is 11.4 Å². The summed E-state index contributed by atoms with van der Waals surface area (Å²) in [6.07, 6.45) is 3.37. The standard InChI is InChI=1S/C27H21N5O4/c1-36-24-7-3-2-6-22(24)30-27(34)31-25-16-21(26(33)32-35)15-23(29-25)20-12-10-18(11-13-20)8-9-19-5-4-14-28-17-19/h2-7,10-17,35H,1H3,(H,32,33)(H2,29,30,31,34). The number of ether oxygens (including phenoxy) is 1. The van der Waals surface area contributed by atoms with Crippen LogP contribution in [0.2, 0.25) is 0 Å². The van der Waals surface area contributed by atoms with Gasteiger partial charge in [0.2, 0.25) is 0 Å². The quantitative estimate of drug-likeness (QED) is 0.192. The zero-order valence-electron chi connectivity index (χ0n) is 19.1. The molecule has 4 rings (SSSR count). The highest BCUT2D eigenvalue weighted by Crippen LogP contribution is 2.24. The Hall–Kier alpha value is -5.20. The molecule has 4 N–H and O–H groups in total. The molecule has 36 heavy (non-hydrogen) atoms. The molecule has 0 unspecified atom stereocenters. The first-order chi connectivity index (χ1) is 17.6. The highest BCUT2D eigenvalue weighted by Gasteiger charge is 2.13. The number of hydrogen-bond donors (Lipinski definition) is 4. The lowest BCUT2D eigenvalue weighted by molar-refractivity contribution is 0.0706.